The Morgan fingerprint density at radius 1 is 0.710 bits per heavy atom. The lowest BCUT2D eigenvalue weighted by Crippen LogP contribution is -2.54. The highest BCUT2D eigenvalue weighted by Gasteiger charge is 2.32. The molecule has 5 heteroatoms. The summed E-state index contributed by atoms with van der Waals surface area (Å²) < 4.78 is 6.44. The van der Waals surface area contributed by atoms with Crippen molar-refractivity contribution >= 4 is 27.8 Å². The Hall–Kier alpha value is -3.21. The molecular formula is C26H26N4O. The first-order chi connectivity index (χ1) is 15.3. The average Bonchev–Trinajstić information content (AvgIpc) is 2.81. The van der Waals surface area contributed by atoms with Gasteiger partial charge in [-0.1, -0.05) is 49.6 Å². The van der Waals surface area contributed by atoms with Crippen molar-refractivity contribution in [3.05, 3.63) is 66.4 Å². The lowest BCUT2D eigenvalue weighted by atomic mass is 9.87. The van der Waals surface area contributed by atoms with E-state index in [9.17, 15) is 0 Å². The highest BCUT2D eigenvalue weighted by atomic mass is 16.5. The van der Waals surface area contributed by atoms with Gasteiger partial charge < -0.3 is 9.64 Å². The standard InChI is InChI=1S/C26H26N4O/c1-2-9-19(10-3-1)25-26(29-23-13-7-6-12-22(23)28-25)31-20-16-30(17-20)24-15-14-18-8-4-5-11-21(18)27-24/h4-8,11-15,19-20H,1-3,9-10,16-17H2. The minimum absolute atomic E-state index is 0.117. The van der Waals surface area contributed by atoms with Crippen molar-refractivity contribution in [2.24, 2.45) is 0 Å². The second-order valence-electron chi connectivity index (χ2n) is 8.74. The number of ether oxygens (including phenoxy) is 1. The molecule has 0 atom stereocenters. The Balaban J connectivity index is 1.23. The first-order valence-corrected chi connectivity index (χ1v) is 11.4. The van der Waals surface area contributed by atoms with Crippen LogP contribution >= 0.6 is 0 Å². The van der Waals surface area contributed by atoms with Gasteiger partial charge >= 0.3 is 0 Å². The van der Waals surface area contributed by atoms with Gasteiger partial charge in [-0.15, -0.1) is 0 Å². The molecule has 0 radical (unpaired) electrons. The Morgan fingerprint density at radius 2 is 1.42 bits per heavy atom. The van der Waals surface area contributed by atoms with Gasteiger partial charge in [-0.25, -0.2) is 15.0 Å². The molecule has 5 nitrogen and oxygen atoms in total. The number of benzene rings is 2. The van der Waals surface area contributed by atoms with Crippen LogP contribution in [0, 0.1) is 0 Å². The average molecular weight is 411 g/mol. The number of hydrogen-bond donors (Lipinski definition) is 0. The molecule has 0 unspecified atom stereocenters. The van der Waals surface area contributed by atoms with Crippen LogP contribution in [0.2, 0.25) is 0 Å². The van der Waals surface area contributed by atoms with Crippen LogP contribution in [0.5, 0.6) is 5.88 Å². The van der Waals surface area contributed by atoms with Crippen LogP contribution in [0.25, 0.3) is 21.9 Å². The molecule has 0 spiro atoms. The quantitative estimate of drug-likeness (QED) is 0.445. The molecule has 156 valence electrons. The molecule has 1 saturated carbocycles. The maximum absolute atomic E-state index is 6.44. The SMILES string of the molecule is c1ccc2nc(N3CC(Oc4nc5ccccc5nc4C4CCCCC4)C3)ccc2c1. The van der Waals surface area contributed by atoms with E-state index in [1.165, 1.54) is 37.5 Å². The fourth-order valence-corrected chi connectivity index (χ4v) is 4.82. The van der Waals surface area contributed by atoms with Gasteiger partial charge in [-0.2, -0.15) is 0 Å². The number of para-hydroxylation sites is 3. The molecule has 2 aromatic heterocycles. The molecule has 1 aliphatic heterocycles. The maximum atomic E-state index is 6.44. The summed E-state index contributed by atoms with van der Waals surface area (Å²) in [5.74, 6) is 2.21. The maximum Gasteiger partial charge on any atom is 0.236 e. The summed E-state index contributed by atoms with van der Waals surface area (Å²) in [5, 5.41) is 1.17. The van der Waals surface area contributed by atoms with Gasteiger partial charge in [0.1, 0.15) is 17.6 Å². The van der Waals surface area contributed by atoms with Crippen LogP contribution in [0.15, 0.2) is 60.7 Å². The number of pyridine rings is 1. The minimum atomic E-state index is 0.117. The molecule has 6 rings (SSSR count). The van der Waals surface area contributed by atoms with Crippen molar-refractivity contribution in [3.8, 4) is 5.88 Å². The first kappa shape index (κ1) is 18.6. The number of hydrogen-bond acceptors (Lipinski definition) is 5. The first-order valence-electron chi connectivity index (χ1n) is 11.4. The predicted molar refractivity (Wildman–Crippen MR) is 124 cm³/mol. The van der Waals surface area contributed by atoms with Crippen LogP contribution in [0.1, 0.15) is 43.7 Å². The monoisotopic (exact) mass is 410 g/mol. The van der Waals surface area contributed by atoms with Crippen molar-refractivity contribution in [2.75, 3.05) is 18.0 Å². The number of nitrogens with zero attached hydrogens (tertiary/aromatic N) is 4. The summed E-state index contributed by atoms with van der Waals surface area (Å²) in [6.45, 7) is 1.65. The summed E-state index contributed by atoms with van der Waals surface area (Å²) in [6.07, 6.45) is 6.34. The lowest BCUT2D eigenvalue weighted by molar-refractivity contribution is 0.156. The van der Waals surface area contributed by atoms with E-state index in [0.717, 1.165) is 47.0 Å². The van der Waals surface area contributed by atoms with Crippen molar-refractivity contribution < 1.29 is 4.74 Å². The normalized spacial score (nSPS) is 17.7. The fourth-order valence-electron chi connectivity index (χ4n) is 4.82. The topological polar surface area (TPSA) is 51.1 Å². The summed E-state index contributed by atoms with van der Waals surface area (Å²) in [5.41, 5.74) is 3.96. The molecule has 2 aliphatic rings. The number of fused-ring (bicyclic) bond motifs is 2. The van der Waals surface area contributed by atoms with E-state index in [1.54, 1.807) is 0 Å². The van der Waals surface area contributed by atoms with E-state index in [-0.39, 0.29) is 6.10 Å². The smallest absolute Gasteiger partial charge is 0.236 e. The fraction of sp³-hybridized carbons (Fsp3) is 0.346. The molecule has 3 heterocycles. The van der Waals surface area contributed by atoms with Gasteiger partial charge in [0, 0.05) is 11.3 Å². The molecule has 0 N–H and O–H groups in total. The second-order valence-corrected chi connectivity index (χ2v) is 8.74. The Kier molecular flexibility index (Phi) is 4.67. The number of anilines is 1. The Labute approximate surface area is 182 Å². The largest absolute Gasteiger partial charge is 0.469 e. The lowest BCUT2D eigenvalue weighted by Gasteiger charge is -2.40. The van der Waals surface area contributed by atoms with Gasteiger partial charge in [0.05, 0.1) is 29.6 Å². The third kappa shape index (κ3) is 3.58. The zero-order chi connectivity index (χ0) is 20.6. The highest BCUT2D eigenvalue weighted by molar-refractivity contribution is 5.80. The molecule has 0 amide bonds. The Morgan fingerprint density at radius 3 is 2.23 bits per heavy atom. The van der Waals surface area contributed by atoms with Gasteiger partial charge in [0.15, 0.2) is 0 Å². The van der Waals surface area contributed by atoms with Crippen molar-refractivity contribution in [2.45, 2.75) is 44.1 Å². The van der Waals surface area contributed by atoms with Crippen LogP contribution in [0.3, 0.4) is 0 Å². The van der Waals surface area contributed by atoms with Gasteiger partial charge in [-0.3, -0.25) is 0 Å². The summed E-state index contributed by atoms with van der Waals surface area (Å²) in [7, 11) is 0. The molecule has 4 aromatic rings. The van der Waals surface area contributed by atoms with E-state index in [0.29, 0.717) is 5.92 Å². The van der Waals surface area contributed by atoms with E-state index in [4.69, 9.17) is 19.7 Å². The van der Waals surface area contributed by atoms with E-state index in [2.05, 4.69) is 35.2 Å². The van der Waals surface area contributed by atoms with Crippen molar-refractivity contribution in [3.63, 3.8) is 0 Å². The van der Waals surface area contributed by atoms with Crippen LogP contribution < -0.4 is 9.64 Å². The summed E-state index contributed by atoms with van der Waals surface area (Å²) in [6, 6.07) is 20.6. The van der Waals surface area contributed by atoms with E-state index < -0.39 is 0 Å². The highest BCUT2D eigenvalue weighted by Crippen LogP contribution is 2.37. The molecule has 0 bridgehead atoms. The van der Waals surface area contributed by atoms with Crippen LogP contribution in [0.4, 0.5) is 5.82 Å². The second kappa shape index (κ2) is 7.80. The number of rotatable bonds is 4. The molecule has 31 heavy (non-hydrogen) atoms. The van der Waals surface area contributed by atoms with Crippen LogP contribution in [-0.2, 0) is 0 Å². The molecule has 1 aliphatic carbocycles. The zero-order valence-electron chi connectivity index (χ0n) is 17.6. The van der Waals surface area contributed by atoms with Gasteiger partial charge in [0.2, 0.25) is 5.88 Å². The summed E-state index contributed by atoms with van der Waals surface area (Å²) >= 11 is 0. The zero-order valence-corrected chi connectivity index (χ0v) is 17.6. The van der Waals surface area contributed by atoms with Gasteiger partial charge in [-0.05, 0) is 43.2 Å². The third-order valence-electron chi connectivity index (χ3n) is 6.59. The van der Waals surface area contributed by atoms with Crippen LogP contribution in [-0.4, -0.2) is 34.1 Å². The number of aromatic nitrogens is 3. The molecule has 2 aromatic carbocycles. The predicted octanol–water partition coefficient (Wildman–Crippen LogP) is 5.49. The van der Waals surface area contributed by atoms with Crippen molar-refractivity contribution in [1.82, 2.24) is 15.0 Å². The van der Waals surface area contributed by atoms with Gasteiger partial charge in [0.25, 0.3) is 0 Å². The molecule has 2 fully saturated rings. The Bertz CT molecular complexity index is 1230. The third-order valence-corrected chi connectivity index (χ3v) is 6.59. The minimum Gasteiger partial charge on any atom is -0.469 e. The van der Waals surface area contributed by atoms with E-state index >= 15 is 0 Å². The van der Waals surface area contributed by atoms with Crippen molar-refractivity contribution in [1.29, 1.82) is 0 Å². The molecule has 1 saturated heterocycles. The summed E-state index contributed by atoms with van der Waals surface area (Å²) in [4.78, 5) is 17.0. The van der Waals surface area contributed by atoms with E-state index in [1.807, 2.05) is 30.3 Å². The molecular weight excluding hydrogens is 384 g/mol.